The van der Waals surface area contributed by atoms with E-state index in [4.69, 9.17) is 10.00 Å². The molecule has 24 heavy (non-hydrogen) atoms. The maximum Gasteiger partial charge on any atom is 0.187 e. The predicted octanol–water partition coefficient (Wildman–Crippen LogP) is 3.23. The van der Waals surface area contributed by atoms with Crippen LogP contribution >= 0.6 is 10.6 Å². The molecule has 0 radical (unpaired) electrons. The van der Waals surface area contributed by atoms with Crippen molar-refractivity contribution < 1.29 is 22.3 Å². The van der Waals surface area contributed by atoms with Crippen LogP contribution in [0.5, 0.6) is 5.75 Å². The van der Waals surface area contributed by atoms with Gasteiger partial charge in [-0.25, -0.2) is 8.42 Å². The maximum absolute atomic E-state index is 12.9. The molecule has 0 amide bonds. The van der Waals surface area contributed by atoms with E-state index in [0.29, 0.717) is 11.3 Å². The van der Waals surface area contributed by atoms with Crippen molar-refractivity contribution in [1.29, 1.82) is 5.26 Å². The molecule has 1 heterocycles. The Morgan fingerprint density at radius 1 is 1.21 bits per heavy atom. The Kier molecular flexibility index (Phi) is 4.27. The molecule has 0 aliphatic carbocycles. The van der Waals surface area contributed by atoms with Gasteiger partial charge < -0.3 is 4.74 Å². The average molecular weight is 365 g/mol. The summed E-state index contributed by atoms with van der Waals surface area (Å²) in [4.78, 5) is 0.310. The van der Waals surface area contributed by atoms with Crippen LogP contribution in [0.3, 0.4) is 0 Å². The molecule has 1 aliphatic rings. The second kappa shape index (κ2) is 6.11. The topological polar surface area (TPSA) is 108 Å². The number of sulfone groups is 1. The van der Waals surface area contributed by atoms with Gasteiger partial charge in [0, 0.05) is 6.07 Å². The van der Waals surface area contributed by atoms with Gasteiger partial charge in [-0.15, -0.1) is 0 Å². The summed E-state index contributed by atoms with van der Waals surface area (Å²) in [6.45, 7) is -0.177. The van der Waals surface area contributed by atoms with Gasteiger partial charge in [0.25, 0.3) is 0 Å². The van der Waals surface area contributed by atoms with Crippen LogP contribution in [-0.4, -0.2) is 29.9 Å². The third kappa shape index (κ3) is 2.87. The minimum atomic E-state index is -3.75. The Morgan fingerprint density at radius 2 is 1.92 bits per heavy atom. The second-order valence-electron chi connectivity index (χ2n) is 5.33. The fourth-order valence-electron chi connectivity index (χ4n) is 2.69. The van der Waals surface area contributed by atoms with Crippen LogP contribution in [0.1, 0.15) is 10.8 Å². The lowest BCUT2D eigenvalue weighted by atomic mass is 10.1. The highest BCUT2D eigenvalue weighted by Crippen LogP contribution is 2.61. The van der Waals surface area contributed by atoms with Crippen molar-refractivity contribution in [2.75, 3.05) is 12.4 Å². The molecule has 8 heteroatoms. The van der Waals surface area contributed by atoms with Crippen molar-refractivity contribution in [2.24, 2.45) is 0 Å². The molecule has 0 saturated carbocycles. The predicted molar refractivity (Wildman–Crippen MR) is 89.9 cm³/mol. The molecule has 1 unspecified atom stereocenters. The summed E-state index contributed by atoms with van der Waals surface area (Å²) in [5, 5.41) is 7.53. The van der Waals surface area contributed by atoms with Crippen molar-refractivity contribution in [3.05, 3.63) is 54.1 Å². The van der Waals surface area contributed by atoms with E-state index >= 15 is 0 Å². The lowest BCUT2D eigenvalue weighted by molar-refractivity contribution is 0.366. The van der Waals surface area contributed by atoms with Crippen LogP contribution in [0.25, 0.3) is 0 Å². The van der Waals surface area contributed by atoms with Crippen LogP contribution in [0.4, 0.5) is 0 Å². The quantitative estimate of drug-likeness (QED) is 0.861. The molecule has 126 valence electrons. The summed E-state index contributed by atoms with van der Waals surface area (Å²) >= 11 is 0. The van der Waals surface area contributed by atoms with Crippen molar-refractivity contribution >= 4 is 20.4 Å². The Morgan fingerprint density at radius 3 is 2.58 bits per heavy atom. The molecule has 0 fully saturated rings. The van der Waals surface area contributed by atoms with Crippen LogP contribution in [0, 0.1) is 11.3 Å². The van der Waals surface area contributed by atoms with Crippen LogP contribution in [0.2, 0.25) is 0 Å². The number of benzene rings is 2. The lowest BCUT2D eigenvalue weighted by Crippen LogP contribution is -2.15. The molecule has 2 N–H and O–H groups in total. The molecule has 3 rings (SSSR count). The van der Waals surface area contributed by atoms with E-state index in [1.54, 1.807) is 18.2 Å². The van der Waals surface area contributed by atoms with Gasteiger partial charge in [-0.1, -0.05) is 24.3 Å². The van der Waals surface area contributed by atoms with E-state index < -0.39 is 25.7 Å². The summed E-state index contributed by atoms with van der Waals surface area (Å²) in [5.74, 6) is 0.0226. The van der Waals surface area contributed by atoms with Crippen molar-refractivity contribution in [2.45, 2.75) is 15.0 Å². The smallest absolute Gasteiger partial charge is 0.187 e. The zero-order valence-corrected chi connectivity index (χ0v) is 14.1. The number of ether oxygens (including phenoxy) is 1. The van der Waals surface area contributed by atoms with Gasteiger partial charge in [-0.05, 0) is 23.8 Å². The van der Waals surface area contributed by atoms with Gasteiger partial charge >= 0.3 is 0 Å². The normalized spacial score (nSPS) is 20.0. The minimum Gasteiger partial charge on any atom is -0.479 e. The van der Waals surface area contributed by atoms with E-state index in [2.05, 4.69) is 0 Å². The van der Waals surface area contributed by atoms with Crippen molar-refractivity contribution in [1.82, 2.24) is 0 Å². The van der Waals surface area contributed by atoms with Crippen LogP contribution in [0.15, 0.2) is 58.3 Å². The monoisotopic (exact) mass is 365 g/mol. The average Bonchev–Trinajstić information content (AvgIpc) is 2.85. The van der Waals surface area contributed by atoms with E-state index in [1.807, 2.05) is 6.07 Å². The minimum absolute atomic E-state index is 0.142. The number of rotatable bonds is 4. The summed E-state index contributed by atoms with van der Waals surface area (Å²) in [6.07, 6.45) is 0. The molecule has 1 atom stereocenters. The largest absolute Gasteiger partial charge is 0.479 e. The Labute approximate surface area is 141 Å². The molecule has 0 saturated heterocycles. The number of nitrogens with zero attached hydrogens (tertiary/aromatic N) is 1. The summed E-state index contributed by atoms with van der Waals surface area (Å²) < 4.78 is 51.5. The van der Waals surface area contributed by atoms with E-state index in [-0.39, 0.29) is 22.2 Å². The highest BCUT2D eigenvalue weighted by Gasteiger charge is 2.43. The first-order valence-corrected chi connectivity index (χ1v) is 10.3. The van der Waals surface area contributed by atoms with Gasteiger partial charge in [-0.3, -0.25) is 9.11 Å². The van der Waals surface area contributed by atoms with Gasteiger partial charge in [-0.2, -0.15) is 15.9 Å². The molecule has 0 spiro atoms. The molecule has 6 nitrogen and oxygen atoms in total. The fourth-order valence-corrected chi connectivity index (χ4v) is 7.13. The van der Waals surface area contributed by atoms with E-state index in [1.165, 1.54) is 30.3 Å². The van der Waals surface area contributed by atoms with E-state index in [0.717, 1.165) is 0 Å². The number of nitriles is 1. The molecular formula is C16H15NO5S2. The third-order valence-electron chi connectivity index (χ3n) is 3.82. The highest BCUT2D eigenvalue weighted by molar-refractivity contribution is 8.25. The second-order valence-corrected chi connectivity index (χ2v) is 9.56. The van der Waals surface area contributed by atoms with Gasteiger partial charge in [0.15, 0.2) is 16.4 Å². The van der Waals surface area contributed by atoms with E-state index in [9.17, 15) is 17.5 Å². The summed E-state index contributed by atoms with van der Waals surface area (Å²) in [5.41, 5.74) is 0.364. The van der Waals surface area contributed by atoms with Gasteiger partial charge in [0.05, 0.1) is 15.5 Å². The zero-order chi connectivity index (χ0) is 17.4. The lowest BCUT2D eigenvalue weighted by Gasteiger charge is -2.27. The third-order valence-corrected chi connectivity index (χ3v) is 7.98. The fraction of sp³-hybridized carbons (Fsp3) is 0.188. The van der Waals surface area contributed by atoms with Crippen LogP contribution < -0.4 is 4.74 Å². The standard InChI is InChI=1S/C16H15NO5S2/c17-8-9-22-12-6-7-14-15(10-12)23(18,19)11-16(14)24(20,21)13-4-2-1-3-5-13/h1-7,10,16,18-19H,9,11H2. The molecule has 1 aliphatic heterocycles. The first-order chi connectivity index (χ1) is 11.4. The number of hydrogen-bond acceptors (Lipinski definition) is 6. The molecule has 0 aromatic heterocycles. The van der Waals surface area contributed by atoms with Crippen molar-refractivity contribution in [3.63, 3.8) is 0 Å². The Bertz CT molecular complexity index is 904. The highest BCUT2D eigenvalue weighted by atomic mass is 32.3. The molecular weight excluding hydrogens is 350 g/mol. The molecule has 2 aromatic carbocycles. The summed E-state index contributed by atoms with van der Waals surface area (Å²) in [6, 6.07) is 14.2. The van der Waals surface area contributed by atoms with Gasteiger partial charge in [0.2, 0.25) is 0 Å². The first kappa shape index (κ1) is 16.8. The number of fused-ring (bicyclic) bond motifs is 1. The Hall–Kier alpha value is -2.05. The zero-order valence-electron chi connectivity index (χ0n) is 12.5. The van der Waals surface area contributed by atoms with Crippen LogP contribution in [-0.2, 0) is 9.84 Å². The molecule has 0 bridgehead atoms. The summed E-state index contributed by atoms with van der Waals surface area (Å²) in [7, 11) is -6.98. The van der Waals surface area contributed by atoms with Gasteiger partial charge in [0.1, 0.15) is 17.1 Å². The number of hydrogen-bond donors (Lipinski definition) is 2. The Balaban J connectivity index is 2.05. The SMILES string of the molecule is N#CCOc1ccc2c(c1)S(O)(O)CC2S(=O)(=O)c1ccccc1. The first-order valence-electron chi connectivity index (χ1n) is 7.05. The maximum atomic E-state index is 12.9. The van der Waals surface area contributed by atoms with Crippen molar-refractivity contribution in [3.8, 4) is 11.8 Å². The molecule has 2 aromatic rings.